The Morgan fingerprint density at radius 2 is 1.53 bits per heavy atom. The standard InChI is InChI=1S/C26H30N2O5S/c1-19-14-20(2)16-22(15-19)27-26(29)18-28(13-12-21-8-6-5-7-9-21)34(30,31)23-10-11-24(32-3)25(17-23)33-4/h5-11,14-17H,12-13,18H2,1-4H3,(H,27,29). The molecule has 0 bridgehead atoms. The predicted molar refractivity (Wildman–Crippen MR) is 133 cm³/mol. The van der Waals surface area contributed by atoms with E-state index in [1.165, 1.54) is 36.7 Å². The number of amides is 1. The summed E-state index contributed by atoms with van der Waals surface area (Å²) in [7, 11) is -1.07. The fraction of sp³-hybridized carbons (Fsp3) is 0.269. The highest BCUT2D eigenvalue weighted by Gasteiger charge is 2.28. The van der Waals surface area contributed by atoms with E-state index in [9.17, 15) is 13.2 Å². The van der Waals surface area contributed by atoms with Crippen LogP contribution in [0.25, 0.3) is 0 Å². The molecular weight excluding hydrogens is 452 g/mol. The number of anilines is 1. The molecule has 0 spiro atoms. The van der Waals surface area contributed by atoms with Crippen molar-refractivity contribution in [2.75, 3.05) is 32.6 Å². The number of rotatable bonds is 10. The van der Waals surface area contributed by atoms with Crippen molar-refractivity contribution in [3.63, 3.8) is 0 Å². The van der Waals surface area contributed by atoms with Crippen LogP contribution in [0.5, 0.6) is 11.5 Å². The second-order valence-electron chi connectivity index (χ2n) is 8.02. The Labute approximate surface area is 201 Å². The van der Waals surface area contributed by atoms with Crippen molar-refractivity contribution in [1.29, 1.82) is 0 Å². The van der Waals surface area contributed by atoms with Crippen LogP contribution in [0.15, 0.2) is 71.6 Å². The van der Waals surface area contributed by atoms with E-state index in [-0.39, 0.29) is 18.0 Å². The Bertz CT molecular complexity index is 1220. The molecule has 0 saturated heterocycles. The van der Waals surface area contributed by atoms with Crippen LogP contribution < -0.4 is 14.8 Å². The molecule has 0 saturated carbocycles. The van der Waals surface area contributed by atoms with Crippen molar-refractivity contribution >= 4 is 21.6 Å². The zero-order chi connectivity index (χ0) is 24.7. The van der Waals surface area contributed by atoms with Gasteiger partial charge in [0, 0.05) is 18.3 Å². The van der Waals surface area contributed by atoms with Gasteiger partial charge in [-0.3, -0.25) is 4.79 Å². The molecule has 34 heavy (non-hydrogen) atoms. The third kappa shape index (κ3) is 6.36. The number of hydrogen-bond acceptors (Lipinski definition) is 5. The largest absolute Gasteiger partial charge is 0.493 e. The molecule has 0 aliphatic heterocycles. The maximum Gasteiger partial charge on any atom is 0.243 e. The van der Waals surface area contributed by atoms with Crippen molar-refractivity contribution < 1.29 is 22.7 Å². The van der Waals surface area contributed by atoms with Gasteiger partial charge in [0.1, 0.15) is 0 Å². The number of carbonyl (C=O) groups excluding carboxylic acids is 1. The molecule has 0 aromatic heterocycles. The van der Waals surface area contributed by atoms with E-state index in [1.54, 1.807) is 0 Å². The van der Waals surface area contributed by atoms with E-state index in [0.717, 1.165) is 16.7 Å². The van der Waals surface area contributed by atoms with Gasteiger partial charge in [-0.1, -0.05) is 36.4 Å². The van der Waals surface area contributed by atoms with Crippen molar-refractivity contribution in [2.45, 2.75) is 25.2 Å². The van der Waals surface area contributed by atoms with Gasteiger partial charge in [-0.2, -0.15) is 4.31 Å². The minimum absolute atomic E-state index is 0.0254. The lowest BCUT2D eigenvalue weighted by atomic mass is 10.1. The Kier molecular flexibility index (Phi) is 8.31. The van der Waals surface area contributed by atoms with Crippen molar-refractivity contribution in [3.8, 4) is 11.5 Å². The average Bonchev–Trinajstić information content (AvgIpc) is 2.81. The Morgan fingerprint density at radius 1 is 0.882 bits per heavy atom. The monoisotopic (exact) mass is 482 g/mol. The van der Waals surface area contributed by atoms with Gasteiger partial charge in [-0.05, 0) is 61.2 Å². The fourth-order valence-corrected chi connectivity index (χ4v) is 5.13. The van der Waals surface area contributed by atoms with Gasteiger partial charge < -0.3 is 14.8 Å². The van der Waals surface area contributed by atoms with Gasteiger partial charge in [-0.25, -0.2) is 8.42 Å². The number of ether oxygens (including phenoxy) is 2. The molecule has 0 aliphatic carbocycles. The first-order chi connectivity index (χ1) is 16.2. The zero-order valence-corrected chi connectivity index (χ0v) is 20.7. The summed E-state index contributed by atoms with van der Waals surface area (Å²) in [6.07, 6.45) is 0.462. The molecule has 0 heterocycles. The number of hydrogen-bond donors (Lipinski definition) is 1. The summed E-state index contributed by atoms with van der Waals surface area (Å²) in [6, 6.07) is 19.7. The van der Waals surface area contributed by atoms with Crippen LogP contribution in [-0.4, -0.2) is 45.9 Å². The molecule has 0 unspecified atom stereocenters. The molecule has 0 atom stereocenters. The molecule has 3 rings (SSSR count). The lowest BCUT2D eigenvalue weighted by molar-refractivity contribution is -0.116. The minimum Gasteiger partial charge on any atom is -0.493 e. The molecule has 0 radical (unpaired) electrons. The van der Waals surface area contributed by atoms with Crippen LogP contribution in [0.1, 0.15) is 16.7 Å². The normalized spacial score (nSPS) is 11.3. The third-order valence-corrected chi connectivity index (χ3v) is 7.15. The lowest BCUT2D eigenvalue weighted by Gasteiger charge is -2.22. The van der Waals surface area contributed by atoms with Crippen LogP contribution in [-0.2, 0) is 21.2 Å². The third-order valence-electron chi connectivity index (χ3n) is 5.31. The average molecular weight is 483 g/mol. The number of carbonyl (C=O) groups is 1. The van der Waals surface area contributed by atoms with Gasteiger partial charge in [0.2, 0.25) is 15.9 Å². The molecule has 3 aromatic rings. The summed E-state index contributed by atoms with van der Waals surface area (Å²) in [6.45, 7) is 3.70. The molecule has 3 aromatic carbocycles. The molecule has 0 aliphatic rings. The van der Waals surface area contributed by atoms with Crippen LogP contribution in [0.2, 0.25) is 0 Å². The Hall–Kier alpha value is -3.36. The molecule has 7 nitrogen and oxygen atoms in total. The van der Waals surface area contributed by atoms with E-state index in [2.05, 4.69) is 5.32 Å². The number of sulfonamides is 1. The van der Waals surface area contributed by atoms with Crippen LogP contribution in [0.3, 0.4) is 0 Å². The number of aryl methyl sites for hydroxylation is 2. The SMILES string of the molecule is COc1ccc(S(=O)(=O)N(CCc2ccccc2)CC(=O)Nc2cc(C)cc(C)c2)cc1OC. The topological polar surface area (TPSA) is 84.9 Å². The lowest BCUT2D eigenvalue weighted by Crippen LogP contribution is -2.39. The van der Waals surface area contributed by atoms with Crippen LogP contribution in [0, 0.1) is 13.8 Å². The van der Waals surface area contributed by atoms with Gasteiger partial charge >= 0.3 is 0 Å². The van der Waals surface area contributed by atoms with Gasteiger partial charge in [0.15, 0.2) is 11.5 Å². The number of benzene rings is 3. The van der Waals surface area contributed by atoms with Crippen LogP contribution >= 0.6 is 0 Å². The Morgan fingerprint density at radius 3 is 2.15 bits per heavy atom. The molecule has 1 amide bonds. The molecule has 0 fully saturated rings. The molecular formula is C26H30N2O5S. The van der Waals surface area contributed by atoms with E-state index in [0.29, 0.717) is 23.6 Å². The quantitative estimate of drug-likeness (QED) is 0.468. The van der Waals surface area contributed by atoms with E-state index < -0.39 is 15.9 Å². The fourth-order valence-electron chi connectivity index (χ4n) is 3.72. The van der Waals surface area contributed by atoms with E-state index in [1.807, 2.05) is 62.4 Å². The predicted octanol–water partition coefficient (Wildman–Crippen LogP) is 4.19. The molecule has 180 valence electrons. The zero-order valence-electron chi connectivity index (χ0n) is 19.9. The van der Waals surface area contributed by atoms with Crippen molar-refractivity contribution in [2.24, 2.45) is 0 Å². The number of methoxy groups -OCH3 is 2. The summed E-state index contributed by atoms with van der Waals surface area (Å²) < 4.78 is 38.8. The van der Waals surface area contributed by atoms with Crippen molar-refractivity contribution in [1.82, 2.24) is 4.31 Å². The highest BCUT2D eigenvalue weighted by atomic mass is 32.2. The number of nitrogens with zero attached hydrogens (tertiary/aromatic N) is 1. The van der Waals surface area contributed by atoms with Gasteiger partial charge in [0.25, 0.3) is 0 Å². The number of nitrogens with one attached hydrogen (secondary N) is 1. The summed E-state index contributed by atoms with van der Waals surface area (Å²) in [5.74, 6) is 0.304. The first-order valence-corrected chi connectivity index (χ1v) is 12.3. The summed E-state index contributed by atoms with van der Waals surface area (Å²) >= 11 is 0. The minimum atomic E-state index is -4.00. The van der Waals surface area contributed by atoms with Crippen LogP contribution in [0.4, 0.5) is 5.69 Å². The maximum atomic E-state index is 13.6. The van der Waals surface area contributed by atoms with Gasteiger partial charge in [0.05, 0.1) is 25.7 Å². The summed E-state index contributed by atoms with van der Waals surface area (Å²) in [5, 5.41) is 2.83. The highest BCUT2D eigenvalue weighted by Crippen LogP contribution is 2.30. The highest BCUT2D eigenvalue weighted by molar-refractivity contribution is 7.89. The smallest absolute Gasteiger partial charge is 0.243 e. The second kappa shape index (κ2) is 11.2. The summed E-state index contributed by atoms with van der Waals surface area (Å²) in [4.78, 5) is 12.9. The van der Waals surface area contributed by atoms with E-state index in [4.69, 9.17) is 9.47 Å². The maximum absolute atomic E-state index is 13.6. The first-order valence-electron chi connectivity index (χ1n) is 10.9. The first kappa shape index (κ1) is 25.3. The Balaban J connectivity index is 1.88. The summed E-state index contributed by atoms with van der Waals surface area (Å²) in [5.41, 5.74) is 3.63. The van der Waals surface area contributed by atoms with E-state index >= 15 is 0 Å². The second-order valence-corrected chi connectivity index (χ2v) is 9.95. The van der Waals surface area contributed by atoms with Crippen molar-refractivity contribution in [3.05, 3.63) is 83.4 Å². The molecule has 8 heteroatoms. The molecule has 1 N–H and O–H groups in total. The van der Waals surface area contributed by atoms with Gasteiger partial charge in [-0.15, -0.1) is 0 Å².